The van der Waals surface area contributed by atoms with E-state index in [-0.39, 0.29) is 10.9 Å². The summed E-state index contributed by atoms with van der Waals surface area (Å²) in [5, 5.41) is 9.27. The summed E-state index contributed by atoms with van der Waals surface area (Å²) in [6.45, 7) is 2.37. The molecule has 0 aromatic heterocycles. The first-order valence-corrected chi connectivity index (χ1v) is 10.1. The average molecular weight is 415 g/mol. The van der Waals surface area contributed by atoms with Gasteiger partial charge in [0.2, 0.25) is 10.0 Å². The zero-order chi connectivity index (χ0) is 19.3. The summed E-state index contributed by atoms with van der Waals surface area (Å²) in [6.07, 6.45) is 0.614. The van der Waals surface area contributed by atoms with Crippen molar-refractivity contribution in [3.8, 4) is 0 Å². The van der Waals surface area contributed by atoms with Crippen molar-refractivity contribution in [2.75, 3.05) is 6.54 Å². The number of hydrogen-bond donors (Lipinski definition) is 3. The molecule has 0 radical (unpaired) electrons. The molecule has 1 unspecified atom stereocenters. The van der Waals surface area contributed by atoms with Crippen LogP contribution < -0.4 is 16.2 Å². The van der Waals surface area contributed by atoms with E-state index < -0.39 is 10.0 Å². The van der Waals surface area contributed by atoms with Crippen LogP contribution in [0.5, 0.6) is 0 Å². The van der Waals surface area contributed by atoms with Crippen LogP contribution in [-0.4, -0.2) is 20.9 Å². The van der Waals surface area contributed by atoms with Gasteiger partial charge in [0.15, 0.2) is 5.96 Å². The van der Waals surface area contributed by atoms with Gasteiger partial charge in [0.1, 0.15) is 0 Å². The maximum Gasteiger partial charge on any atom is 0.238 e. The van der Waals surface area contributed by atoms with Crippen LogP contribution >= 0.6 is 23.2 Å². The van der Waals surface area contributed by atoms with Gasteiger partial charge < -0.3 is 11.1 Å². The molecule has 2 aromatic carbocycles. The molecular weight excluding hydrogens is 395 g/mol. The smallest absolute Gasteiger partial charge is 0.238 e. The Kier molecular flexibility index (Phi) is 6.88. The highest BCUT2D eigenvalue weighted by Crippen LogP contribution is 2.25. The van der Waals surface area contributed by atoms with Gasteiger partial charge in [-0.2, -0.15) is 0 Å². The van der Waals surface area contributed by atoms with Gasteiger partial charge in [-0.3, -0.25) is 4.99 Å². The van der Waals surface area contributed by atoms with Gasteiger partial charge in [0, 0.05) is 16.6 Å². The van der Waals surface area contributed by atoms with Crippen molar-refractivity contribution >= 4 is 39.2 Å². The summed E-state index contributed by atoms with van der Waals surface area (Å²) < 4.78 is 22.4. The third-order valence-electron chi connectivity index (χ3n) is 3.73. The molecule has 2 rings (SSSR count). The van der Waals surface area contributed by atoms with Gasteiger partial charge in [-0.1, -0.05) is 41.4 Å². The second kappa shape index (κ2) is 8.73. The fourth-order valence-corrected chi connectivity index (χ4v) is 3.44. The van der Waals surface area contributed by atoms with Crippen LogP contribution in [0, 0.1) is 0 Å². The molecule has 0 saturated carbocycles. The van der Waals surface area contributed by atoms with E-state index in [1.165, 1.54) is 12.1 Å². The highest BCUT2D eigenvalue weighted by atomic mass is 35.5. The van der Waals surface area contributed by atoms with Crippen molar-refractivity contribution in [2.45, 2.75) is 24.3 Å². The van der Waals surface area contributed by atoms with Crippen LogP contribution in [0.1, 0.15) is 24.1 Å². The number of sulfonamides is 1. The molecule has 0 amide bonds. The number of nitrogens with one attached hydrogen (secondary N) is 1. The summed E-state index contributed by atoms with van der Waals surface area (Å²) >= 11 is 12.1. The van der Waals surface area contributed by atoms with Crippen molar-refractivity contribution < 1.29 is 8.42 Å². The van der Waals surface area contributed by atoms with Crippen LogP contribution in [-0.2, 0) is 16.4 Å². The van der Waals surface area contributed by atoms with E-state index >= 15 is 0 Å². The van der Waals surface area contributed by atoms with Crippen molar-refractivity contribution in [3.63, 3.8) is 0 Å². The van der Waals surface area contributed by atoms with E-state index in [0.29, 0.717) is 29.0 Å². The minimum Gasteiger partial charge on any atom is -0.370 e. The van der Waals surface area contributed by atoms with E-state index in [1.54, 1.807) is 24.3 Å². The Balaban J connectivity index is 1.91. The average Bonchev–Trinajstić information content (AvgIpc) is 2.54. The molecule has 26 heavy (non-hydrogen) atoms. The first-order chi connectivity index (χ1) is 12.2. The molecule has 0 saturated heterocycles. The molecule has 0 bridgehead atoms. The van der Waals surface area contributed by atoms with Gasteiger partial charge in [-0.15, -0.1) is 0 Å². The number of benzene rings is 2. The number of hydrogen-bond acceptors (Lipinski definition) is 3. The molecule has 1 atom stereocenters. The Morgan fingerprint density at radius 2 is 1.85 bits per heavy atom. The standard InChI is InChI=1S/C17H20Cl2N4O2S/c1-11(15-7-4-13(18)10-16(15)19)23-17(20)22-9-8-12-2-5-14(6-3-12)26(21,24)25/h2-7,10-11H,8-9H2,1H3,(H3,20,22,23)(H2,21,24,25). The first-order valence-electron chi connectivity index (χ1n) is 7.80. The Labute approximate surface area is 163 Å². The van der Waals surface area contributed by atoms with Crippen molar-refractivity contribution in [1.82, 2.24) is 5.32 Å². The molecule has 140 valence electrons. The lowest BCUT2D eigenvalue weighted by Gasteiger charge is -2.16. The third kappa shape index (κ3) is 5.88. The molecule has 5 N–H and O–H groups in total. The SMILES string of the molecule is CC(NC(N)=NCCc1ccc(S(N)(=O)=O)cc1)c1ccc(Cl)cc1Cl. The fourth-order valence-electron chi connectivity index (χ4n) is 2.35. The van der Waals surface area contributed by atoms with Crippen LogP contribution in [0.4, 0.5) is 0 Å². The number of aliphatic imine (C=N–C) groups is 1. The first kappa shape index (κ1) is 20.5. The van der Waals surface area contributed by atoms with Crippen LogP contribution in [0.15, 0.2) is 52.4 Å². The maximum atomic E-state index is 11.2. The minimum absolute atomic E-state index is 0.0830. The van der Waals surface area contributed by atoms with Crippen LogP contribution in [0.2, 0.25) is 10.0 Å². The third-order valence-corrected chi connectivity index (χ3v) is 5.22. The molecule has 0 aliphatic carbocycles. The van der Waals surface area contributed by atoms with Gasteiger partial charge in [-0.25, -0.2) is 13.6 Å². The Morgan fingerprint density at radius 1 is 1.19 bits per heavy atom. The lowest BCUT2D eigenvalue weighted by atomic mass is 10.1. The second-order valence-electron chi connectivity index (χ2n) is 5.74. The highest BCUT2D eigenvalue weighted by molar-refractivity contribution is 7.89. The van der Waals surface area contributed by atoms with Gasteiger partial charge in [-0.05, 0) is 48.7 Å². The molecule has 0 aliphatic heterocycles. The lowest BCUT2D eigenvalue weighted by Crippen LogP contribution is -2.34. The van der Waals surface area contributed by atoms with E-state index in [0.717, 1.165) is 11.1 Å². The molecule has 2 aromatic rings. The number of rotatable bonds is 6. The molecule has 6 nitrogen and oxygen atoms in total. The van der Waals surface area contributed by atoms with Gasteiger partial charge in [0.05, 0.1) is 10.9 Å². The quantitative estimate of drug-likeness (QED) is 0.498. The molecule has 0 aliphatic rings. The Bertz CT molecular complexity index is 899. The largest absolute Gasteiger partial charge is 0.370 e. The van der Waals surface area contributed by atoms with Crippen molar-refractivity contribution in [3.05, 3.63) is 63.6 Å². The number of nitrogens with zero attached hydrogens (tertiary/aromatic N) is 1. The Morgan fingerprint density at radius 3 is 2.42 bits per heavy atom. The molecule has 9 heteroatoms. The molecule has 0 spiro atoms. The summed E-state index contributed by atoms with van der Waals surface area (Å²) in [5.74, 6) is 0.296. The zero-order valence-electron chi connectivity index (χ0n) is 14.1. The number of primary sulfonamides is 1. The van der Waals surface area contributed by atoms with Gasteiger partial charge in [0.25, 0.3) is 0 Å². The summed E-state index contributed by atoms with van der Waals surface area (Å²) in [4.78, 5) is 4.36. The van der Waals surface area contributed by atoms with E-state index in [4.69, 9.17) is 34.1 Å². The molecule has 0 heterocycles. The Hall–Kier alpha value is -1.80. The summed E-state index contributed by atoms with van der Waals surface area (Å²) in [5.41, 5.74) is 7.71. The summed E-state index contributed by atoms with van der Waals surface area (Å²) in [6, 6.07) is 11.5. The minimum atomic E-state index is -3.68. The van der Waals surface area contributed by atoms with E-state index in [9.17, 15) is 8.42 Å². The van der Waals surface area contributed by atoms with E-state index in [1.807, 2.05) is 13.0 Å². The van der Waals surface area contributed by atoms with Crippen LogP contribution in [0.3, 0.4) is 0 Å². The number of halogens is 2. The predicted octanol–water partition coefficient (Wildman–Crippen LogP) is 2.85. The normalized spacial score (nSPS) is 13.5. The zero-order valence-corrected chi connectivity index (χ0v) is 16.4. The second-order valence-corrected chi connectivity index (χ2v) is 8.14. The van der Waals surface area contributed by atoms with Crippen molar-refractivity contribution in [1.29, 1.82) is 0 Å². The number of guanidine groups is 1. The molecular formula is C17H20Cl2N4O2S. The van der Waals surface area contributed by atoms with Crippen LogP contribution in [0.25, 0.3) is 0 Å². The lowest BCUT2D eigenvalue weighted by molar-refractivity contribution is 0.598. The topological polar surface area (TPSA) is 111 Å². The van der Waals surface area contributed by atoms with Gasteiger partial charge >= 0.3 is 0 Å². The highest BCUT2D eigenvalue weighted by Gasteiger charge is 2.10. The fraction of sp³-hybridized carbons (Fsp3) is 0.235. The maximum absolute atomic E-state index is 11.2. The number of nitrogens with two attached hydrogens (primary N) is 2. The monoisotopic (exact) mass is 414 g/mol. The predicted molar refractivity (Wildman–Crippen MR) is 106 cm³/mol. The molecule has 0 fully saturated rings. The van der Waals surface area contributed by atoms with E-state index in [2.05, 4.69) is 10.3 Å². The van der Waals surface area contributed by atoms with Crippen molar-refractivity contribution in [2.24, 2.45) is 15.9 Å². The summed E-state index contributed by atoms with van der Waals surface area (Å²) in [7, 11) is -3.68.